The van der Waals surface area contributed by atoms with Crippen LogP contribution in [0.3, 0.4) is 0 Å². The van der Waals surface area contributed by atoms with Crippen LogP contribution >= 0.6 is 0 Å². The van der Waals surface area contributed by atoms with Crippen molar-refractivity contribution in [2.45, 2.75) is 20.8 Å². The molecule has 2 N–H and O–H groups in total. The summed E-state index contributed by atoms with van der Waals surface area (Å²) in [6.07, 6.45) is 4.12. The van der Waals surface area contributed by atoms with Gasteiger partial charge in [-0.05, 0) is 67.3 Å². The molecular formula is C24H19N5. The second kappa shape index (κ2) is 6.82. The van der Waals surface area contributed by atoms with Gasteiger partial charge in [-0.2, -0.15) is 10.5 Å². The first kappa shape index (κ1) is 18.3. The van der Waals surface area contributed by atoms with Gasteiger partial charge in [0.25, 0.3) is 0 Å². The second-order valence-corrected chi connectivity index (χ2v) is 7.12. The van der Waals surface area contributed by atoms with E-state index < -0.39 is 0 Å². The molecule has 3 aromatic rings. The topological polar surface area (TPSA) is 91.4 Å². The molecule has 140 valence electrons. The number of para-hydroxylation sites is 1. The minimum atomic E-state index is 0.164. The maximum absolute atomic E-state index is 9.69. The first-order valence-corrected chi connectivity index (χ1v) is 9.24. The molecule has 5 heteroatoms. The monoisotopic (exact) mass is 377 g/mol. The van der Waals surface area contributed by atoms with Gasteiger partial charge in [0.1, 0.15) is 18.0 Å². The van der Waals surface area contributed by atoms with E-state index in [1.54, 1.807) is 0 Å². The number of hydrogen-bond donors (Lipinski definition) is 1. The molecule has 4 rings (SSSR count). The number of hydrogen-bond acceptors (Lipinski definition) is 4. The molecule has 29 heavy (non-hydrogen) atoms. The lowest BCUT2D eigenvalue weighted by atomic mass is 9.96. The zero-order valence-electron chi connectivity index (χ0n) is 16.5. The Balaban J connectivity index is 1.92. The van der Waals surface area contributed by atoms with E-state index >= 15 is 0 Å². The van der Waals surface area contributed by atoms with Crippen molar-refractivity contribution in [3.8, 4) is 17.8 Å². The summed E-state index contributed by atoms with van der Waals surface area (Å²) in [5.74, 6) is 0.164. The summed E-state index contributed by atoms with van der Waals surface area (Å²) < 4.78 is 2.13. The smallest absolute Gasteiger partial charge is 0.142 e. The lowest BCUT2D eigenvalue weighted by molar-refractivity contribution is 1.02. The number of allylic oxidation sites excluding steroid dienone is 3. The maximum Gasteiger partial charge on any atom is 0.142 e. The molecule has 1 aliphatic carbocycles. The summed E-state index contributed by atoms with van der Waals surface area (Å²) in [7, 11) is 0. The Bertz CT molecular complexity index is 1290. The molecule has 0 amide bonds. The first-order chi connectivity index (χ1) is 14.0. The van der Waals surface area contributed by atoms with E-state index in [1.165, 1.54) is 0 Å². The number of nitrogens with two attached hydrogens (primary N) is 1. The third-order valence-corrected chi connectivity index (χ3v) is 5.36. The minimum absolute atomic E-state index is 0.164. The predicted octanol–water partition coefficient (Wildman–Crippen LogP) is 4.79. The van der Waals surface area contributed by atoms with E-state index in [-0.39, 0.29) is 5.82 Å². The standard InChI is InChI=1S/C24H19N5/c1-14-9-17(13-29(14)18-7-5-4-6-8-18)10-19-15(2)20(11-25)23-22(19)16(3)21(12-26)24(27)28-23/h4-10,13H,1-3H3,(H2,27,28)/b19-10+. The van der Waals surface area contributed by atoms with E-state index in [4.69, 9.17) is 5.73 Å². The quantitative estimate of drug-likeness (QED) is 0.695. The van der Waals surface area contributed by atoms with Crippen molar-refractivity contribution >= 4 is 23.0 Å². The summed E-state index contributed by atoms with van der Waals surface area (Å²) in [5.41, 5.74) is 13.9. The van der Waals surface area contributed by atoms with Crippen molar-refractivity contribution in [1.82, 2.24) is 9.55 Å². The number of nitriles is 2. The Morgan fingerprint density at radius 3 is 2.45 bits per heavy atom. The van der Waals surface area contributed by atoms with E-state index in [2.05, 4.69) is 59.1 Å². The van der Waals surface area contributed by atoms with Crippen molar-refractivity contribution in [3.05, 3.63) is 81.8 Å². The molecule has 0 fully saturated rings. The molecule has 1 aliphatic rings. The largest absolute Gasteiger partial charge is 0.383 e. The molecular weight excluding hydrogens is 358 g/mol. The van der Waals surface area contributed by atoms with Gasteiger partial charge in [-0.3, -0.25) is 0 Å². The van der Waals surface area contributed by atoms with Crippen molar-refractivity contribution in [2.75, 3.05) is 5.73 Å². The number of pyridine rings is 1. The van der Waals surface area contributed by atoms with E-state index in [1.807, 2.05) is 32.0 Å². The molecule has 2 heterocycles. The lowest BCUT2D eigenvalue weighted by Gasteiger charge is -2.10. The number of benzene rings is 1. The first-order valence-electron chi connectivity index (χ1n) is 9.24. The Morgan fingerprint density at radius 2 is 1.79 bits per heavy atom. The zero-order chi connectivity index (χ0) is 20.7. The van der Waals surface area contributed by atoms with Gasteiger partial charge in [-0.1, -0.05) is 18.2 Å². The number of aromatic nitrogens is 2. The van der Waals surface area contributed by atoms with E-state index in [0.717, 1.165) is 39.2 Å². The highest BCUT2D eigenvalue weighted by atomic mass is 15.0. The van der Waals surface area contributed by atoms with Crippen molar-refractivity contribution in [2.24, 2.45) is 0 Å². The van der Waals surface area contributed by atoms with Gasteiger partial charge in [0, 0.05) is 23.1 Å². The summed E-state index contributed by atoms with van der Waals surface area (Å²) >= 11 is 0. The van der Waals surface area contributed by atoms with Crippen molar-refractivity contribution in [1.29, 1.82) is 10.5 Å². The number of rotatable bonds is 2. The minimum Gasteiger partial charge on any atom is -0.383 e. The van der Waals surface area contributed by atoms with Crippen LogP contribution in [0.2, 0.25) is 0 Å². The highest BCUT2D eigenvalue weighted by Crippen LogP contribution is 2.44. The molecule has 0 atom stereocenters. The fourth-order valence-electron chi connectivity index (χ4n) is 3.91. The molecule has 5 nitrogen and oxygen atoms in total. The summed E-state index contributed by atoms with van der Waals surface area (Å²) in [6, 6.07) is 16.6. The highest BCUT2D eigenvalue weighted by molar-refractivity contribution is 6.08. The molecule has 0 aliphatic heterocycles. The SMILES string of the molecule is CC1=C(C#N)c2nc(N)c(C#N)c(C)c2/C1=C/c1cc(C)n(-c2ccccc2)c1. The summed E-state index contributed by atoms with van der Waals surface area (Å²) in [6.45, 7) is 5.83. The highest BCUT2D eigenvalue weighted by Gasteiger charge is 2.29. The average molecular weight is 377 g/mol. The molecule has 0 spiro atoms. The molecule has 0 unspecified atom stereocenters. The Kier molecular flexibility index (Phi) is 4.30. The number of aryl methyl sites for hydroxylation is 1. The van der Waals surface area contributed by atoms with Crippen molar-refractivity contribution < 1.29 is 0 Å². The van der Waals surface area contributed by atoms with Gasteiger partial charge in [0.15, 0.2) is 0 Å². The van der Waals surface area contributed by atoms with Crippen LogP contribution in [-0.2, 0) is 0 Å². The van der Waals surface area contributed by atoms with Gasteiger partial charge < -0.3 is 10.3 Å². The van der Waals surface area contributed by atoms with Gasteiger partial charge in [-0.25, -0.2) is 4.98 Å². The van der Waals surface area contributed by atoms with Gasteiger partial charge in [0.2, 0.25) is 0 Å². The second-order valence-electron chi connectivity index (χ2n) is 7.12. The van der Waals surface area contributed by atoms with E-state index in [0.29, 0.717) is 16.8 Å². The van der Waals surface area contributed by atoms with Crippen LogP contribution in [0, 0.1) is 36.5 Å². The Labute approximate surface area is 169 Å². The van der Waals surface area contributed by atoms with E-state index in [9.17, 15) is 10.5 Å². The third kappa shape index (κ3) is 2.81. The number of anilines is 1. The Morgan fingerprint density at radius 1 is 1.07 bits per heavy atom. The van der Waals surface area contributed by atoms with Crippen LogP contribution in [-0.4, -0.2) is 9.55 Å². The molecule has 0 saturated heterocycles. The normalized spacial score (nSPS) is 14.0. The van der Waals surface area contributed by atoms with Crippen LogP contribution in [0.25, 0.3) is 22.9 Å². The van der Waals surface area contributed by atoms with Gasteiger partial charge >= 0.3 is 0 Å². The fraction of sp³-hybridized carbons (Fsp3) is 0.125. The van der Waals surface area contributed by atoms with Crippen LogP contribution in [0.15, 0.2) is 48.2 Å². The summed E-state index contributed by atoms with van der Waals surface area (Å²) in [5, 5.41) is 19.2. The van der Waals surface area contributed by atoms with Crippen LogP contribution in [0.1, 0.15) is 40.6 Å². The van der Waals surface area contributed by atoms with Crippen molar-refractivity contribution in [3.63, 3.8) is 0 Å². The molecule has 1 aromatic carbocycles. The van der Waals surface area contributed by atoms with Crippen LogP contribution in [0.5, 0.6) is 0 Å². The fourth-order valence-corrected chi connectivity index (χ4v) is 3.91. The summed E-state index contributed by atoms with van der Waals surface area (Å²) in [4.78, 5) is 4.38. The van der Waals surface area contributed by atoms with Crippen LogP contribution in [0.4, 0.5) is 5.82 Å². The molecule has 2 aromatic heterocycles. The molecule has 0 bridgehead atoms. The average Bonchev–Trinajstić information content (AvgIpc) is 3.20. The van der Waals surface area contributed by atoms with Crippen LogP contribution < -0.4 is 5.73 Å². The predicted molar refractivity (Wildman–Crippen MR) is 115 cm³/mol. The number of fused-ring (bicyclic) bond motifs is 1. The molecule has 0 saturated carbocycles. The number of nitrogen functional groups attached to an aromatic ring is 1. The number of nitrogens with zero attached hydrogens (tertiary/aromatic N) is 4. The van der Waals surface area contributed by atoms with Gasteiger partial charge in [0.05, 0.1) is 16.8 Å². The third-order valence-electron chi connectivity index (χ3n) is 5.36. The maximum atomic E-state index is 9.69. The zero-order valence-corrected chi connectivity index (χ0v) is 16.5. The lowest BCUT2D eigenvalue weighted by Crippen LogP contribution is -2.03. The molecule has 0 radical (unpaired) electrons. The van der Waals surface area contributed by atoms with Gasteiger partial charge in [-0.15, -0.1) is 0 Å². The Hall–Kier alpha value is -4.09.